The quantitative estimate of drug-likeness (QED) is 0.340. The molecule has 0 unspecified atom stereocenters. The fourth-order valence-corrected chi connectivity index (χ4v) is 5.45. The first-order valence-electron chi connectivity index (χ1n) is 10.6. The number of hydrogen-bond acceptors (Lipinski definition) is 8. The summed E-state index contributed by atoms with van der Waals surface area (Å²) in [6, 6.07) is 17.7. The number of methoxy groups -OCH3 is 1. The maximum absolute atomic E-state index is 13.5. The van der Waals surface area contributed by atoms with Gasteiger partial charge >= 0.3 is 0 Å². The second kappa shape index (κ2) is 9.19. The van der Waals surface area contributed by atoms with E-state index in [4.69, 9.17) is 13.6 Å². The topological polar surface area (TPSA) is 89.0 Å². The number of hydrogen-bond donors (Lipinski definition) is 0. The minimum Gasteiger partial charge on any atom is -0.497 e. The van der Waals surface area contributed by atoms with Gasteiger partial charge in [-0.25, -0.2) is 8.42 Å². The summed E-state index contributed by atoms with van der Waals surface area (Å²) in [4.78, 5) is 8.67. The zero-order valence-corrected chi connectivity index (χ0v) is 20.8. The van der Waals surface area contributed by atoms with Gasteiger partial charge < -0.3 is 23.4 Å². The second-order valence-electron chi connectivity index (χ2n) is 7.74. The molecule has 0 atom stereocenters. The van der Waals surface area contributed by atoms with Crippen LogP contribution in [-0.2, 0) is 9.84 Å². The van der Waals surface area contributed by atoms with Crippen LogP contribution in [0.5, 0.6) is 5.75 Å². The van der Waals surface area contributed by atoms with Crippen LogP contribution in [0, 0.1) is 0 Å². The van der Waals surface area contributed by atoms with Crippen LogP contribution < -0.4 is 14.5 Å². The summed E-state index contributed by atoms with van der Waals surface area (Å²) in [5.74, 6) is 1.53. The maximum atomic E-state index is 13.5. The third-order valence-corrected chi connectivity index (χ3v) is 7.89. The Morgan fingerprint density at radius 3 is 2.24 bits per heavy atom. The number of ether oxygens (including phenoxy) is 1. The Balaban J connectivity index is 1.45. The van der Waals surface area contributed by atoms with Crippen LogP contribution in [-0.4, -0.2) is 46.7 Å². The molecular weight excluding hydrogens is 522 g/mol. The van der Waals surface area contributed by atoms with Gasteiger partial charge in [0.25, 0.3) is 5.89 Å². The van der Waals surface area contributed by atoms with E-state index in [1.54, 1.807) is 43.5 Å². The van der Waals surface area contributed by atoms with Crippen LogP contribution in [0.25, 0.3) is 11.7 Å². The van der Waals surface area contributed by atoms with E-state index in [2.05, 4.69) is 25.8 Å². The summed E-state index contributed by atoms with van der Waals surface area (Å²) >= 11 is 3.35. The van der Waals surface area contributed by atoms with E-state index in [1.165, 1.54) is 6.26 Å². The molecule has 0 aliphatic carbocycles. The van der Waals surface area contributed by atoms with Crippen molar-refractivity contribution in [2.24, 2.45) is 0 Å². The molecule has 2 aromatic heterocycles. The van der Waals surface area contributed by atoms with Crippen molar-refractivity contribution in [1.82, 2.24) is 4.98 Å². The van der Waals surface area contributed by atoms with Gasteiger partial charge in [-0.2, -0.15) is 4.98 Å². The Morgan fingerprint density at radius 2 is 1.62 bits per heavy atom. The van der Waals surface area contributed by atoms with E-state index in [0.29, 0.717) is 31.9 Å². The minimum atomic E-state index is -3.92. The van der Waals surface area contributed by atoms with E-state index in [-0.39, 0.29) is 21.7 Å². The summed E-state index contributed by atoms with van der Waals surface area (Å²) in [5, 5.41) is -0.112. The lowest BCUT2D eigenvalue weighted by Gasteiger charge is -2.36. The van der Waals surface area contributed by atoms with Crippen LogP contribution in [0.4, 0.5) is 11.6 Å². The Morgan fingerprint density at radius 1 is 0.941 bits per heavy atom. The summed E-state index contributed by atoms with van der Waals surface area (Å²) in [6.07, 6.45) is 1.50. The molecule has 0 spiro atoms. The molecule has 1 aliphatic rings. The first kappa shape index (κ1) is 22.5. The first-order valence-corrected chi connectivity index (χ1v) is 12.9. The molecule has 0 bridgehead atoms. The predicted molar refractivity (Wildman–Crippen MR) is 131 cm³/mol. The van der Waals surface area contributed by atoms with Gasteiger partial charge in [-0.05, 0) is 60.7 Å². The van der Waals surface area contributed by atoms with E-state index in [1.807, 2.05) is 29.2 Å². The summed E-state index contributed by atoms with van der Waals surface area (Å²) < 4.78 is 44.5. The second-order valence-corrected chi connectivity index (χ2v) is 10.5. The average Bonchev–Trinajstić information content (AvgIpc) is 3.55. The summed E-state index contributed by atoms with van der Waals surface area (Å²) in [7, 11) is -2.27. The SMILES string of the molecule is COc1ccc(N2CCN(c3oc(-c4ccco4)nc3S(=O)(=O)c3ccc(Br)cc3)CC2)cc1. The highest BCUT2D eigenvalue weighted by atomic mass is 79.9. The fraction of sp³-hybridized carbons (Fsp3) is 0.208. The summed E-state index contributed by atoms with van der Waals surface area (Å²) in [5.41, 5.74) is 1.08. The van der Waals surface area contributed by atoms with Gasteiger partial charge in [-0.1, -0.05) is 15.9 Å². The van der Waals surface area contributed by atoms with Gasteiger partial charge in [0.15, 0.2) is 5.76 Å². The standard InChI is InChI=1S/C24H22BrN3O5S/c1-31-19-8-6-18(7-9-19)27-12-14-28(15-13-27)24-23(26-22(33-24)21-3-2-16-32-21)34(29,30)20-10-4-17(25)5-11-20/h2-11,16H,12-15H2,1H3. The van der Waals surface area contributed by atoms with Gasteiger partial charge in [0.05, 0.1) is 18.3 Å². The van der Waals surface area contributed by atoms with E-state index >= 15 is 0 Å². The molecule has 4 aromatic rings. The molecule has 1 saturated heterocycles. The highest BCUT2D eigenvalue weighted by Gasteiger charge is 2.33. The van der Waals surface area contributed by atoms with Gasteiger partial charge in [0.2, 0.25) is 20.7 Å². The van der Waals surface area contributed by atoms with E-state index in [9.17, 15) is 8.42 Å². The van der Waals surface area contributed by atoms with Crippen molar-refractivity contribution < 1.29 is 22.0 Å². The van der Waals surface area contributed by atoms with Gasteiger partial charge in [0, 0.05) is 36.3 Å². The van der Waals surface area contributed by atoms with Crippen LogP contribution >= 0.6 is 15.9 Å². The number of oxazole rings is 1. The molecular formula is C24H22BrN3O5S. The Kier molecular flexibility index (Phi) is 6.09. The Labute approximate surface area is 205 Å². The predicted octanol–water partition coefficient (Wildman–Crippen LogP) is 4.87. The lowest BCUT2D eigenvalue weighted by molar-refractivity contribution is 0.415. The van der Waals surface area contributed by atoms with Gasteiger partial charge in [-0.15, -0.1) is 0 Å². The number of aromatic nitrogens is 1. The molecule has 1 fully saturated rings. The van der Waals surface area contributed by atoms with E-state index < -0.39 is 9.84 Å². The van der Waals surface area contributed by atoms with Crippen molar-refractivity contribution in [2.75, 3.05) is 43.1 Å². The van der Waals surface area contributed by atoms with E-state index in [0.717, 1.165) is 15.9 Å². The molecule has 0 N–H and O–H groups in total. The van der Waals surface area contributed by atoms with Crippen LogP contribution in [0.15, 0.2) is 90.2 Å². The average molecular weight is 544 g/mol. The molecule has 10 heteroatoms. The number of anilines is 2. The van der Waals surface area contributed by atoms with Crippen molar-refractivity contribution in [3.63, 3.8) is 0 Å². The highest BCUT2D eigenvalue weighted by Crippen LogP contribution is 2.36. The number of halogens is 1. The number of benzene rings is 2. The molecule has 0 saturated carbocycles. The fourth-order valence-electron chi connectivity index (χ4n) is 3.86. The molecule has 34 heavy (non-hydrogen) atoms. The van der Waals surface area contributed by atoms with Crippen LogP contribution in [0.3, 0.4) is 0 Å². The highest BCUT2D eigenvalue weighted by molar-refractivity contribution is 9.10. The summed E-state index contributed by atoms with van der Waals surface area (Å²) in [6.45, 7) is 2.53. The van der Waals surface area contributed by atoms with Crippen LogP contribution in [0.1, 0.15) is 0 Å². The monoisotopic (exact) mass is 543 g/mol. The van der Waals surface area contributed by atoms with Crippen molar-refractivity contribution in [2.45, 2.75) is 9.92 Å². The third-order valence-electron chi connectivity index (χ3n) is 5.69. The molecule has 2 aromatic carbocycles. The zero-order chi connectivity index (χ0) is 23.7. The number of rotatable bonds is 6. The molecule has 0 amide bonds. The molecule has 1 aliphatic heterocycles. The van der Waals surface area contributed by atoms with Crippen molar-refractivity contribution in [3.05, 3.63) is 71.4 Å². The minimum absolute atomic E-state index is 0.112. The van der Waals surface area contributed by atoms with Gasteiger partial charge in [-0.3, -0.25) is 0 Å². The Hall–Kier alpha value is -3.24. The maximum Gasteiger partial charge on any atom is 0.266 e. The van der Waals surface area contributed by atoms with Crippen LogP contribution in [0.2, 0.25) is 0 Å². The smallest absolute Gasteiger partial charge is 0.266 e. The van der Waals surface area contributed by atoms with Crippen molar-refractivity contribution >= 4 is 37.3 Å². The van der Waals surface area contributed by atoms with Gasteiger partial charge in [0.1, 0.15) is 5.75 Å². The molecule has 176 valence electrons. The number of piperazine rings is 1. The first-order chi connectivity index (χ1) is 16.5. The zero-order valence-electron chi connectivity index (χ0n) is 18.3. The number of sulfone groups is 1. The van der Waals surface area contributed by atoms with Crippen molar-refractivity contribution in [1.29, 1.82) is 0 Å². The largest absolute Gasteiger partial charge is 0.497 e. The third kappa shape index (κ3) is 4.30. The molecule has 5 rings (SSSR count). The molecule has 8 nitrogen and oxygen atoms in total. The van der Waals surface area contributed by atoms with Crippen molar-refractivity contribution in [3.8, 4) is 17.4 Å². The lowest BCUT2D eigenvalue weighted by Crippen LogP contribution is -2.46. The number of nitrogens with zero attached hydrogens (tertiary/aromatic N) is 3. The lowest BCUT2D eigenvalue weighted by atomic mass is 10.2. The molecule has 3 heterocycles. The molecule has 0 radical (unpaired) electrons. The Bertz CT molecular complexity index is 1360. The number of furan rings is 1. The normalized spacial score (nSPS) is 14.4.